The van der Waals surface area contributed by atoms with Crippen LogP contribution >= 0.6 is 35.8 Å². The van der Waals surface area contributed by atoms with E-state index in [0.717, 1.165) is 6.07 Å². The van der Waals surface area contributed by atoms with Crippen molar-refractivity contribution in [3.8, 4) is 0 Å². The number of nitrogens with zero attached hydrogens (tertiary/aromatic N) is 2. The van der Waals surface area contributed by atoms with Crippen molar-refractivity contribution in [2.75, 3.05) is 0 Å². The minimum absolute atomic E-state index is 0.257. The smallest absolute Gasteiger partial charge is 0.258 e. The van der Waals surface area contributed by atoms with Gasteiger partial charge in [-0.3, -0.25) is 20.2 Å². The van der Waals surface area contributed by atoms with Crippen molar-refractivity contribution in [1.29, 1.82) is 0 Å². The van der Waals surface area contributed by atoms with Gasteiger partial charge in [0.05, 0.1) is 14.9 Å². The lowest BCUT2D eigenvalue weighted by molar-refractivity contribution is -0.399. The lowest BCUT2D eigenvalue weighted by atomic mass is 10.3. The van der Waals surface area contributed by atoms with Crippen LogP contribution in [0.15, 0.2) is 11.0 Å². The maximum Gasteiger partial charge on any atom is 0.309 e. The SMILES string of the molecule is O=[N+]([O-])c1cc(Cl)c(Cl)c([N+](=O)[O-])c1S. The predicted molar refractivity (Wildman–Crippen MR) is 57.0 cm³/mol. The summed E-state index contributed by atoms with van der Waals surface area (Å²) in [5.41, 5.74) is -1.22. The molecule has 0 heterocycles. The highest BCUT2D eigenvalue weighted by atomic mass is 35.5. The molecule has 6 nitrogen and oxygen atoms in total. The van der Waals surface area contributed by atoms with Crippen LogP contribution in [0.5, 0.6) is 0 Å². The average molecular weight is 269 g/mol. The topological polar surface area (TPSA) is 86.3 Å². The first-order valence-electron chi connectivity index (χ1n) is 3.36. The summed E-state index contributed by atoms with van der Waals surface area (Å²) in [6.45, 7) is 0. The molecule has 0 saturated heterocycles. The lowest BCUT2D eigenvalue weighted by Crippen LogP contribution is -1.97. The standard InChI is InChI=1S/C6H2Cl2N2O4S/c7-2-1-3(9(11)12)6(15)5(4(2)8)10(13)14/h1,15H. The van der Waals surface area contributed by atoms with Crippen molar-refractivity contribution in [3.63, 3.8) is 0 Å². The lowest BCUT2D eigenvalue weighted by Gasteiger charge is -2.01. The highest BCUT2D eigenvalue weighted by Gasteiger charge is 2.28. The first-order chi connectivity index (χ1) is 6.86. The normalized spacial score (nSPS) is 10.1. The monoisotopic (exact) mass is 268 g/mol. The fourth-order valence-electron chi connectivity index (χ4n) is 0.896. The highest BCUT2D eigenvalue weighted by molar-refractivity contribution is 7.80. The molecule has 1 aromatic carbocycles. The van der Waals surface area contributed by atoms with Gasteiger partial charge in [-0.15, -0.1) is 12.6 Å². The molecule has 1 rings (SSSR count). The van der Waals surface area contributed by atoms with Gasteiger partial charge < -0.3 is 0 Å². The van der Waals surface area contributed by atoms with Gasteiger partial charge in [-0.1, -0.05) is 23.2 Å². The number of halogens is 2. The van der Waals surface area contributed by atoms with Crippen molar-refractivity contribution in [3.05, 3.63) is 36.3 Å². The van der Waals surface area contributed by atoms with E-state index < -0.39 is 26.1 Å². The third-order valence-electron chi connectivity index (χ3n) is 1.53. The zero-order valence-electron chi connectivity index (χ0n) is 6.81. The Labute approximate surface area is 98.5 Å². The molecule has 0 atom stereocenters. The van der Waals surface area contributed by atoms with Crippen molar-refractivity contribution >= 4 is 47.2 Å². The maximum absolute atomic E-state index is 10.6. The largest absolute Gasteiger partial charge is 0.309 e. The summed E-state index contributed by atoms with van der Waals surface area (Å²) in [5, 5.41) is 20.4. The van der Waals surface area contributed by atoms with E-state index in [1.807, 2.05) is 0 Å². The van der Waals surface area contributed by atoms with Crippen molar-refractivity contribution < 1.29 is 9.85 Å². The third kappa shape index (κ3) is 2.14. The van der Waals surface area contributed by atoms with Gasteiger partial charge in [0, 0.05) is 6.07 Å². The molecule has 80 valence electrons. The van der Waals surface area contributed by atoms with E-state index in [1.165, 1.54) is 0 Å². The van der Waals surface area contributed by atoms with Crippen molar-refractivity contribution in [2.45, 2.75) is 4.90 Å². The molecule has 0 aliphatic rings. The van der Waals surface area contributed by atoms with Crippen molar-refractivity contribution in [1.82, 2.24) is 0 Å². The van der Waals surface area contributed by atoms with E-state index in [4.69, 9.17) is 23.2 Å². The molecular formula is C6H2Cl2N2O4S. The minimum Gasteiger partial charge on any atom is -0.258 e. The minimum atomic E-state index is -0.871. The van der Waals surface area contributed by atoms with E-state index >= 15 is 0 Å². The fraction of sp³-hybridized carbons (Fsp3) is 0. The van der Waals surface area contributed by atoms with Crippen LogP contribution in [0.2, 0.25) is 10.0 Å². The highest BCUT2D eigenvalue weighted by Crippen LogP contribution is 2.42. The Morgan fingerprint density at radius 3 is 2.13 bits per heavy atom. The van der Waals surface area contributed by atoms with E-state index in [2.05, 4.69) is 12.6 Å². The predicted octanol–water partition coefficient (Wildman–Crippen LogP) is 3.10. The molecule has 9 heteroatoms. The van der Waals surface area contributed by atoms with Crippen molar-refractivity contribution in [2.24, 2.45) is 0 Å². The zero-order valence-corrected chi connectivity index (χ0v) is 9.21. The Balaban J connectivity index is 3.63. The molecule has 0 aliphatic heterocycles. The fourth-order valence-corrected chi connectivity index (χ4v) is 1.71. The summed E-state index contributed by atoms with van der Waals surface area (Å²) in [6, 6.07) is 0.916. The molecule has 0 saturated carbocycles. The molecule has 0 fully saturated rings. The summed E-state index contributed by atoms with van der Waals surface area (Å²) >= 11 is 14.7. The number of hydrogen-bond donors (Lipinski definition) is 1. The molecule has 0 amide bonds. The van der Waals surface area contributed by atoms with E-state index in [-0.39, 0.29) is 10.0 Å². The molecule has 0 unspecified atom stereocenters. The van der Waals surface area contributed by atoms with Gasteiger partial charge in [-0.2, -0.15) is 0 Å². The second kappa shape index (κ2) is 4.21. The molecule has 0 aromatic heterocycles. The Bertz CT molecular complexity index is 465. The van der Waals surface area contributed by atoms with Crippen LogP contribution in [0.4, 0.5) is 11.4 Å². The van der Waals surface area contributed by atoms with Gasteiger partial charge >= 0.3 is 5.69 Å². The quantitative estimate of drug-likeness (QED) is 0.507. The summed E-state index contributed by atoms with van der Waals surface area (Å²) < 4.78 is 0. The summed E-state index contributed by atoms with van der Waals surface area (Å²) in [4.78, 5) is 18.9. The van der Waals surface area contributed by atoms with E-state index in [1.54, 1.807) is 0 Å². The number of nitro benzene ring substituents is 2. The van der Waals surface area contributed by atoms with Crippen LogP contribution in [0, 0.1) is 20.2 Å². The van der Waals surface area contributed by atoms with Crippen LogP contribution in [0.3, 0.4) is 0 Å². The van der Waals surface area contributed by atoms with Gasteiger partial charge in [0.15, 0.2) is 4.90 Å². The van der Waals surface area contributed by atoms with E-state index in [0.29, 0.717) is 0 Å². The first kappa shape index (κ1) is 12.0. The second-order valence-corrected chi connectivity index (χ2v) is 3.64. The Morgan fingerprint density at radius 2 is 1.73 bits per heavy atom. The summed E-state index contributed by atoms with van der Waals surface area (Å²) in [7, 11) is 0. The second-order valence-electron chi connectivity index (χ2n) is 2.40. The molecular weight excluding hydrogens is 267 g/mol. The molecule has 0 bridgehead atoms. The van der Waals surface area contributed by atoms with Crippen LogP contribution < -0.4 is 0 Å². The van der Waals surface area contributed by atoms with Crippen LogP contribution in [0.1, 0.15) is 0 Å². The molecule has 0 spiro atoms. The third-order valence-corrected chi connectivity index (χ3v) is 2.75. The van der Waals surface area contributed by atoms with Crippen LogP contribution in [-0.2, 0) is 0 Å². The first-order valence-corrected chi connectivity index (χ1v) is 4.56. The molecule has 0 aliphatic carbocycles. The summed E-state index contributed by atoms with van der Waals surface area (Å²) in [5.74, 6) is 0. The average Bonchev–Trinajstić information content (AvgIpc) is 2.10. The molecule has 15 heavy (non-hydrogen) atoms. The Hall–Kier alpha value is -1.05. The summed E-state index contributed by atoms with van der Waals surface area (Å²) in [6.07, 6.45) is 0. The Kier molecular flexibility index (Phi) is 3.38. The van der Waals surface area contributed by atoms with Gasteiger partial charge in [0.2, 0.25) is 0 Å². The van der Waals surface area contributed by atoms with Gasteiger partial charge in [0.25, 0.3) is 5.69 Å². The van der Waals surface area contributed by atoms with E-state index in [9.17, 15) is 20.2 Å². The molecule has 0 N–H and O–H groups in total. The van der Waals surface area contributed by atoms with Crippen LogP contribution in [0.25, 0.3) is 0 Å². The number of nitro groups is 2. The number of thiol groups is 1. The zero-order chi connectivity index (χ0) is 11.7. The van der Waals surface area contributed by atoms with Gasteiger partial charge in [-0.25, -0.2) is 0 Å². The van der Waals surface area contributed by atoms with Crippen LogP contribution in [-0.4, -0.2) is 9.85 Å². The molecule has 0 radical (unpaired) electrons. The number of hydrogen-bond acceptors (Lipinski definition) is 5. The van der Waals surface area contributed by atoms with Gasteiger partial charge in [-0.05, 0) is 0 Å². The number of benzene rings is 1. The van der Waals surface area contributed by atoms with Gasteiger partial charge in [0.1, 0.15) is 5.02 Å². The maximum atomic E-state index is 10.6. The molecule has 1 aromatic rings. The number of rotatable bonds is 2. The Morgan fingerprint density at radius 1 is 1.20 bits per heavy atom.